The van der Waals surface area contributed by atoms with Gasteiger partial charge in [-0.2, -0.15) is 0 Å². The molecule has 0 aliphatic heterocycles. The predicted octanol–water partition coefficient (Wildman–Crippen LogP) is 1.94. The van der Waals surface area contributed by atoms with Gasteiger partial charge in [0, 0.05) is 6.42 Å². The van der Waals surface area contributed by atoms with Crippen LogP contribution in [-0.2, 0) is 16.1 Å². The first-order chi connectivity index (χ1) is 8.18. The number of benzene rings is 1. The Morgan fingerprint density at radius 3 is 2.65 bits per heavy atom. The van der Waals surface area contributed by atoms with Crippen LogP contribution in [0.4, 0.5) is 4.79 Å². The molecule has 5 nitrogen and oxygen atoms in total. The molecule has 1 aromatic rings. The van der Waals surface area contributed by atoms with Gasteiger partial charge in [0.15, 0.2) is 0 Å². The molecule has 0 saturated carbocycles. The summed E-state index contributed by atoms with van der Waals surface area (Å²) in [5.74, 6) is -0.902. The second-order valence-electron chi connectivity index (χ2n) is 3.34. The third kappa shape index (κ3) is 6.19. The van der Waals surface area contributed by atoms with E-state index in [2.05, 4.69) is 5.32 Å². The maximum atomic E-state index is 11.1. The molecular weight excluding hydrogens is 222 g/mol. The Hall–Kier alpha value is -2.04. The van der Waals surface area contributed by atoms with Crippen LogP contribution in [0.15, 0.2) is 30.3 Å². The number of alkyl carbamates (subject to hydrolysis) is 1. The van der Waals surface area contributed by atoms with E-state index in [1.807, 2.05) is 30.3 Å². The fourth-order valence-corrected chi connectivity index (χ4v) is 1.12. The molecule has 0 aliphatic carbocycles. The Bertz CT molecular complexity index is 364. The molecule has 0 heterocycles. The molecule has 5 heteroatoms. The van der Waals surface area contributed by atoms with E-state index in [1.165, 1.54) is 6.54 Å². The minimum Gasteiger partial charge on any atom is -0.481 e. The van der Waals surface area contributed by atoms with Gasteiger partial charge >= 0.3 is 12.1 Å². The third-order valence-corrected chi connectivity index (χ3v) is 1.94. The topological polar surface area (TPSA) is 75.6 Å². The number of carbonyl (C=O) groups excluding carboxylic acids is 1. The molecule has 0 aliphatic rings. The van der Waals surface area contributed by atoms with Crippen LogP contribution in [0.5, 0.6) is 0 Å². The normalized spacial score (nSPS) is 9.65. The Kier molecular flexibility index (Phi) is 5.57. The molecule has 0 spiro atoms. The van der Waals surface area contributed by atoms with E-state index < -0.39 is 12.1 Å². The van der Waals surface area contributed by atoms with E-state index in [0.29, 0.717) is 0 Å². The molecule has 91 valence electrons. The van der Waals surface area contributed by atoms with E-state index in [-0.39, 0.29) is 19.4 Å². The molecule has 2 N–H and O–H groups in total. The fraction of sp³-hybridized carbons (Fsp3) is 0.250. The van der Waals surface area contributed by atoms with Gasteiger partial charge in [-0.15, -0.1) is 0 Å². The average Bonchev–Trinajstić information content (AvgIpc) is 2.33. The summed E-state index contributed by atoms with van der Waals surface area (Å²) in [7, 11) is 0. The smallest absolute Gasteiger partial charge is 0.407 e. The summed E-state index contributed by atoms with van der Waals surface area (Å²) in [6.45, 7) is 1.57. The van der Waals surface area contributed by atoms with Crippen LogP contribution in [0.25, 0.3) is 0 Å². The molecule has 0 fully saturated rings. The van der Waals surface area contributed by atoms with Crippen molar-refractivity contribution in [2.75, 3.05) is 0 Å². The van der Waals surface area contributed by atoms with Gasteiger partial charge in [0.25, 0.3) is 0 Å². The zero-order chi connectivity index (χ0) is 12.5. The lowest BCUT2D eigenvalue weighted by Crippen LogP contribution is -2.21. The van der Waals surface area contributed by atoms with Crippen molar-refractivity contribution < 1.29 is 19.4 Å². The SMILES string of the molecule is O=C(O)CC[CH]NC(=O)OCc1ccccc1. The molecule has 1 aromatic carbocycles. The quantitative estimate of drug-likeness (QED) is 0.740. The van der Waals surface area contributed by atoms with Crippen LogP contribution in [0, 0.1) is 6.54 Å². The van der Waals surface area contributed by atoms with Crippen molar-refractivity contribution in [2.45, 2.75) is 19.4 Å². The number of ether oxygens (including phenoxy) is 1. The number of aliphatic carboxylic acids is 1. The molecule has 0 unspecified atom stereocenters. The molecule has 0 atom stereocenters. The zero-order valence-electron chi connectivity index (χ0n) is 9.26. The van der Waals surface area contributed by atoms with Gasteiger partial charge in [0.05, 0.1) is 6.54 Å². The average molecular weight is 236 g/mol. The summed E-state index contributed by atoms with van der Waals surface area (Å²) in [5.41, 5.74) is 0.896. The largest absolute Gasteiger partial charge is 0.481 e. The summed E-state index contributed by atoms with van der Waals surface area (Å²) >= 11 is 0. The van der Waals surface area contributed by atoms with Crippen LogP contribution in [-0.4, -0.2) is 17.2 Å². The number of amides is 1. The second-order valence-corrected chi connectivity index (χ2v) is 3.34. The standard InChI is InChI=1S/C12H14NO4/c14-11(15)7-4-8-13-12(16)17-9-10-5-2-1-3-6-10/h1-3,5-6,8H,4,7,9H2,(H,13,16)(H,14,15). The van der Waals surface area contributed by atoms with Crippen LogP contribution < -0.4 is 5.32 Å². The number of hydrogen-bond acceptors (Lipinski definition) is 3. The van der Waals surface area contributed by atoms with Crippen molar-refractivity contribution in [3.05, 3.63) is 42.4 Å². The number of carboxylic acid groups (broad SMARTS) is 1. The highest BCUT2D eigenvalue weighted by Gasteiger charge is 2.03. The summed E-state index contributed by atoms with van der Waals surface area (Å²) in [4.78, 5) is 21.3. The molecular formula is C12H14NO4. The Morgan fingerprint density at radius 1 is 1.29 bits per heavy atom. The Labute approximate surface area is 99.4 Å². The molecule has 0 saturated heterocycles. The predicted molar refractivity (Wildman–Crippen MR) is 60.9 cm³/mol. The zero-order valence-corrected chi connectivity index (χ0v) is 9.26. The van der Waals surface area contributed by atoms with E-state index in [9.17, 15) is 9.59 Å². The van der Waals surface area contributed by atoms with E-state index in [0.717, 1.165) is 5.56 Å². The van der Waals surface area contributed by atoms with Gasteiger partial charge in [-0.3, -0.25) is 4.79 Å². The van der Waals surface area contributed by atoms with Crippen LogP contribution in [0.1, 0.15) is 18.4 Å². The van der Waals surface area contributed by atoms with Crippen molar-refractivity contribution in [3.63, 3.8) is 0 Å². The highest BCUT2D eigenvalue weighted by atomic mass is 16.5. The molecule has 17 heavy (non-hydrogen) atoms. The molecule has 0 aromatic heterocycles. The fourth-order valence-electron chi connectivity index (χ4n) is 1.12. The van der Waals surface area contributed by atoms with Gasteiger partial charge in [-0.1, -0.05) is 30.3 Å². The van der Waals surface area contributed by atoms with Crippen molar-refractivity contribution in [1.29, 1.82) is 0 Å². The third-order valence-electron chi connectivity index (χ3n) is 1.94. The number of rotatable bonds is 6. The lowest BCUT2D eigenvalue weighted by Gasteiger charge is -2.05. The van der Waals surface area contributed by atoms with Gasteiger partial charge in [0.1, 0.15) is 6.61 Å². The Balaban J connectivity index is 2.11. The summed E-state index contributed by atoms with van der Waals surface area (Å²) in [5, 5.41) is 10.7. The maximum Gasteiger partial charge on any atom is 0.407 e. The van der Waals surface area contributed by atoms with Gasteiger partial charge in [-0.05, 0) is 12.0 Å². The maximum absolute atomic E-state index is 11.1. The first-order valence-electron chi connectivity index (χ1n) is 5.19. The van der Waals surface area contributed by atoms with Crippen molar-refractivity contribution in [3.8, 4) is 0 Å². The van der Waals surface area contributed by atoms with Crippen molar-refractivity contribution >= 4 is 12.1 Å². The first-order valence-corrected chi connectivity index (χ1v) is 5.19. The van der Waals surface area contributed by atoms with E-state index in [1.54, 1.807) is 0 Å². The summed E-state index contributed by atoms with van der Waals surface area (Å²) in [6, 6.07) is 9.29. The number of nitrogens with one attached hydrogen (secondary N) is 1. The second kappa shape index (κ2) is 7.27. The summed E-state index contributed by atoms with van der Waals surface area (Å²) in [6.07, 6.45) is -0.325. The van der Waals surface area contributed by atoms with Gasteiger partial charge in [0.2, 0.25) is 0 Å². The van der Waals surface area contributed by atoms with Gasteiger partial charge in [-0.25, -0.2) is 4.79 Å². The van der Waals surface area contributed by atoms with E-state index in [4.69, 9.17) is 9.84 Å². The van der Waals surface area contributed by atoms with Crippen LogP contribution in [0.2, 0.25) is 0 Å². The molecule has 1 radical (unpaired) electrons. The first kappa shape index (κ1) is 13.0. The number of hydrogen-bond donors (Lipinski definition) is 2. The highest BCUT2D eigenvalue weighted by Crippen LogP contribution is 2.00. The van der Waals surface area contributed by atoms with Crippen molar-refractivity contribution in [1.82, 2.24) is 5.32 Å². The number of carboxylic acids is 1. The monoisotopic (exact) mass is 236 g/mol. The minimum atomic E-state index is -0.902. The van der Waals surface area contributed by atoms with Crippen LogP contribution >= 0.6 is 0 Å². The molecule has 0 bridgehead atoms. The lowest BCUT2D eigenvalue weighted by atomic mass is 10.2. The summed E-state index contributed by atoms with van der Waals surface area (Å²) < 4.78 is 4.91. The number of carbonyl (C=O) groups is 2. The molecule has 1 amide bonds. The minimum absolute atomic E-state index is 0.0149. The lowest BCUT2D eigenvalue weighted by molar-refractivity contribution is -0.137. The highest BCUT2D eigenvalue weighted by molar-refractivity contribution is 5.69. The van der Waals surface area contributed by atoms with Gasteiger partial charge < -0.3 is 15.2 Å². The Morgan fingerprint density at radius 2 is 2.00 bits per heavy atom. The van der Waals surface area contributed by atoms with Crippen LogP contribution in [0.3, 0.4) is 0 Å². The molecule has 1 rings (SSSR count). The van der Waals surface area contributed by atoms with E-state index >= 15 is 0 Å². The van der Waals surface area contributed by atoms with Crippen molar-refractivity contribution in [2.24, 2.45) is 0 Å².